The van der Waals surface area contributed by atoms with Crippen LogP contribution in [0.25, 0.3) is 10.9 Å². The molecule has 0 unspecified atom stereocenters. The molecular weight excluding hydrogens is 652 g/mol. The van der Waals surface area contributed by atoms with Crippen molar-refractivity contribution in [2.75, 3.05) is 6.54 Å². The zero-order chi connectivity index (χ0) is 36.5. The number of carbonyl (C=O) groups is 4. The molecule has 4 aromatic rings. The fourth-order valence-electron chi connectivity index (χ4n) is 7.12. The highest BCUT2D eigenvalue weighted by Gasteiger charge is 2.28. The average Bonchev–Trinajstić information content (AvgIpc) is 3.81. The molecule has 0 spiro atoms. The van der Waals surface area contributed by atoms with Gasteiger partial charge in [0.05, 0.1) is 0 Å². The minimum Gasteiger partial charge on any atom is -0.361 e. The highest BCUT2D eigenvalue weighted by atomic mass is 16.2. The summed E-state index contributed by atoms with van der Waals surface area (Å²) in [4.78, 5) is 57.4. The molecule has 1 aromatic heterocycles. The van der Waals surface area contributed by atoms with Crippen LogP contribution in [0.1, 0.15) is 80.9 Å². The van der Waals surface area contributed by atoms with Crippen LogP contribution < -0.4 is 27.0 Å². The molecule has 1 saturated carbocycles. The third-order valence-electron chi connectivity index (χ3n) is 9.86. The van der Waals surface area contributed by atoms with E-state index in [9.17, 15) is 19.2 Å². The van der Waals surface area contributed by atoms with E-state index in [4.69, 9.17) is 5.73 Å². The largest absolute Gasteiger partial charge is 0.361 e. The number of aryl methyl sites for hydroxylation is 1. The monoisotopic (exact) mass is 706 g/mol. The van der Waals surface area contributed by atoms with Gasteiger partial charge in [0, 0.05) is 60.9 Å². The standard InChI is InChI=1S/C42H54N6O4/c43-24-12-11-19-34(27-40(50)45-33-17-7-8-18-33)47-42(52)38(26-32-29-44-37-21-10-9-20-36(32)37)48-41(51)28-35(25-31-15-5-2-6-16-31)46-39(49)23-22-30-13-3-1-4-14-30/h1-6,9-10,13-16,20-21,29,33-35,38,44H,7-8,11-12,17-19,22-28,43H2,(H,45,50)(H,46,49)(H,47,52)(H,48,51)/t34-,35-,38+/m0/s1. The molecule has 1 heterocycles. The normalized spacial score (nSPS) is 14.7. The fraction of sp³-hybridized carbons (Fsp3) is 0.429. The van der Waals surface area contributed by atoms with Crippen LogP contribution in [-0.4, -0.2) is 59.3 Å². The minimum absolute atomic E-state index is 0.00659. The van der Waals surface area contributed by atoms with Crippen molar-refractivity contribution < 1.29 is 19.2 Å². The summed E-state index contributed by atoms with van der Waals surface area (Å²) in [6, 6.07) is 25.8. The first-order valence-corrected chi connectivity index (χ1v) is 18.9. The van der Waals surface area contributed by atoms with Crippen molar-refractivity contribution in [2.24, 2.45) is 5.73 Å². The van der Waals surface area contributed by atoms with E-state index in [0.29, 0.717) is 32.2 Å². The molecule has 1 fully saturated rings. The van der Waals surface area contributed by atoms with E-state index in [1.54, 1.807) is 0 Å². The van der Waals surface area contributed by atoms with E-state index in [2.05, 4.69) is 26.3 Å². The SMILES string of the molecule is NCCCC[C@@H](CC(=O)NC1CCCC1)NC(=O)[C@@H](Cc1c[nH]c2ccccc12)NC(=O)C[C@H](Cc1ccccc1)NC(=O)CCc1ccccc1. The van der Waals surface area contributed by atoms with Crippen molar-refractivity contribution >= 4 is 34.5 Å². The zero-order valence-electron chi connectivity index (χ0n) is 30.1. The molecular formula is C42H54N6O4. The molecule has 3 aromatic carbocycles. The quantitative estimate of drug-likeness (QED) is 0.0713. The lowest BCUT2D eigenvalue weighted by Gasteiger charge is -2.25. The number of hydrogen-bond donors (Lipinski definition) is 6. The van der Waals surface area contributed by atoms with Crippen LogP contribution in [0, 0.1) is 0 Å². The number of nitrogens with two attached hydrogens (primary N) is 1. The lowest BCUT2D eigenvalue weighted by atomic mass is 10.00. The number of hydrogen-bond acceptors (Lipinski definition) is 5. The molecule has 0 aliphatic heterocycles. The highest BCUT2D eigenvalue weighted by Crippen LogP contribution is 2.21. The fourth-order valence-corrected chi connectivity index (χ4v) is 7.12. The molecule has 0 bridgehead atoms. The van der Waals surface area contributed by atoms with Crippen LogP contribution in [0.5, 0.6) is 0 Å². The van der Waals surface area contributed by atoms with E-state index in [1.807, 2.05) is 91.1 Å². The predicted octanol–water partition coefficient (Wildman–Crippen LogP) is 5.01. The Morgan fingerprint density at radius 2 is 1.38 bits per heavy atom. The molecule has 0 radical (unpaired) electrons. The van der Waals surface area contributed by atoms with Crippen LogP contribution in [0.2, 0.25) is 0 Å². The number of benzene rings is 3. The van der Waals surface area contributed by atoms with Gasteiger partial charge in [-0.3, -0.25) is 19.2 Å². The Balaban J connectivity index is 1.30. The van der Waals surface area contributed by atoms with Gasteiger partial charge >= 0.3 is 0 Å². The highest BCUT2D eigenvalue weighted by molar-refractivity contribution is 5.90. The van der Waals surface area contributed by atoms with E-state index < -0.39 is 18.1 Å². The number of nitrogens with one attached hydrogen (secondary N) is 5. The summed E-state index contributed by atoms with van der Waals surface area (Å²) < 4.78 is 0. The van der Waals surface area contributed by atoms with Crippen LogP contribution in [0.15, 0.2) is 91.1 Å². The summed E-state index contributed by atoms with van der Waals surface area (Å²) in [5.74, 6) is -0.907. The van der Waals surface area contributed by atoms with E-state index >= 15 is 0 Å². The van der Waals surface area contributed by atoms with Gasteiger partial charge in [-0.05, 0) is 67.8 Å². The minimum atomic E-state index is -0.909. The number of amides is 4. The molecule has 10 nitrogen and oxygen atoms in total. The Kier molecular flexibility index (Phi) is 14.8. The molecule has 1 aliphatic carbocycles. The van der Waals surface area contributed by atoms with Gasteiger partial charge in [-0.25, -0.2) is 0 Å². The lowest BCUT2D eigenvalue weighted by Crippen LogP contribution is -2.52. The van der Waals surface area contributed by atoms with Gasteiger partial charge in [0.25, 0.3) is 0 Å². The number of unbranched alkanes of at least 4 members (excludes halogenated alkanes) is 1. The molecule has 10 heteroatoms. The van der Waals surface area contributed by atoms with Crippen molar-refractivity contribution in [3.05, 3.63) is 108 Å². The second-order valence-corrected chi connectivity index (χ2v) is 14.1. The van der Waals surface area contributed by atoms with Crippen molar-refractivity contribution in [1.82, 2.24) is 26.3 Å². The molecule has 0 saturated heterocycles. The smallest absolute Gasteiger partial charge is 0.243 e. The maximum Gasteiger partial charge on any atom is 0.243 e. The third kappa shape index (κ3) is 12.4. The van der Waals surface area contributed by atoms with Crippen molar-refractivity contribution in [2.45, 2.75) is 108 Å². The van der Waals surface area contributed by atoms with Gasteiger partial charge in [0.2, 0.25) is 23.6 Å². The van der Waals surface area contributed by atoms with E-state index in [-0.39, 0.29) is 48.9 Å². The van der Waals surface area contributed by atoms with Crippen molar-refractivity contribution in [3.8, 4) is 0 Å². The van der Waals surface area contributed by atoms with Crippen LogP contribution in [-0.2, 0) is 38.4 Å². The van der Waals surface area contributed by atoms with Gasteiger partial charge in [0.15, 0.2) is 0 Å². The van der Waals surface area contributed by atoms with Crippen LogP contribution >= 0.6 is 0 Å². The number of carbonyl (C=O) groups excluding carboxylic acids is 4. The Labute approximate surface area is 307 Å². The summed E-state index contributed by atoms with van der Waals surface area (Å²) in [6.07, 6.45) is 9.96. The maximum absolute atomic E-state index is 14.1. The third-order valence-corrected chi connectivity index (χ3v) is 9.86. The second-order valence-electron chi connectivity index (χ2n) is 14.1. The predicted molar refractivity (Wildman–Crippen MR) is 205 cm³/mol. The Bertz CT molecular complexity index is 1720. The number of para-hydroxylation sites is 1. The molecule has 5 rings (SSSR count). The number of fused-ring (bicyclic) bond motifs is 1. The summed E-state index contributed by atoms with van der Waals surface area (Å²) in [6.45, 7) is 0.529. The van der Waals surface area contributed by atoms with E-state index in [0.717, 1.165) is 66.1 Å². The first kappa shape index (κ1) is 38.3. The molecule has 3 atom stereocenters. The number of H-pyrrole nitrogens is 1. The maximum atomic E-state index is 14.1. The first-order valence-electron chi connectivity index (χ1n) is 18.9. The van der Waals surface area contributed by atoms with Gasteiger partial charge in [-0.15, -0.1) is 0 Å². The number of rotatable bonds is 20. The Morgan fingerprint density at radius 3 is 2.12 bits per heavy atom. The number of aromatic nitrogens is 1. The van der Waals surface area contributed by atoms with Gasteiger partial charge in [-0.1, -0.05) is 98.1 Å². The summed E-state index contributed by atoms with van der Waals surface area (Å²) in [7, 11) is 0. The van der Waals surface area contributed by atoms with Crippen LogP contribution in [0.4, 0.5) is 0 Å². The van der Waals surface area contributed by atoms with Gasteiger partial charge in [0.1, 0.15) is 6.04 Å². The van der Waals surface area contributed by atoms with E-state index in [1.165, 1.54) is 0 Å². The zero-order valence-corrected chi connectivity index (χ0v) is 30.1. The number of aromatic amines is 1. The van der Waals surface area contributed by atoms with Crippen molar-refractivity contribution in [3.63, 3.8) is 0 Å². The topological polar surface area (TPSA) is 158 Å². The molecule has 52 heavy (non-hydrogen) atoms. The lowest BCUT2D eigenvalue weighted by molar-refractivity contribution is -0.130. The summed E-state index contributed by atoms with van der Waals surface area (Å²) in [5.41, 5.74) is 9.66. The molecule has 276 valence electrons. The van der Waals surface area contributed by atoms with Gasteiger partial charge in [-0.2, -0.15) is 0 Å². The van der Waals surface area contributed by atoms with Crippen molar-refractivity contribution in [1.29, 1.82) is 0 Å². The van der Waals surface area contributed by atoms with Crippen LogP contribution in [0.3, 0.4) is 0 Å². The molecule has 1 aliphatic rings. The second kappa shape index (κ2) is 20.2. The first-order chi connectivity index (χ1) is 25.4. The Hall–Kier alpha value is -4.96. The summed E-state index contributed by atoms with van der Waals surface area (Å²) >= 11 is 0. The average molecular weight is 707 g/mol. The Morgan fingerprint density at radius 1 is 0.712 bits per heavy atom. The summed E-state index contributed by atoms with van der Waals surface area (Å²) in [5, 5.41) is 13.3. The molecule has 7 N–H and O–H groups in total. The van der Waals surface area contributed by atoms with Gasteiger partial charge < -0.3 is 32.0 Å². The molecule has 4 amide bonds.